The van der Waals surface area contributed by atoms with Crippen molar-refractivity contribution in [3.8, 4) is 0 Å². The first-order valence-corrected chi connectivity index (χ1v) is 9.22. The first-order valence-electron chi connectivity index (χ1n) is 9.22. The molecule has 2 heteroatoms. The standard InChI is InChI=1S/C18H34N2/c1-3-8-20-9-6-16(7-10-20)14(2)19-13-18-12-15-4-5-17(18)11-15/h14-19H,3-13H2,1-2H3. The van der Waals surface area contributed by atoms with E-state index in [2.05, 4.69) is 24.1 Å². The van der Waals surface area contributed by atoms with Gasteiger partial charge in [-0.2, -0.15) is 0 Å². The van der Waals surface area contributed by atoms with Crippen molar-refractivity contribution < 1.29 is 0 Å². The molecule has 0 aromatic heterocycles. The van der Waals surface area contributed by atoms with Crippen molar-refractivity contribution in [1.29, 1.82) is 0 Å². The van der Waals surface area contributed by atoms with Crippen molar-refractivity contribution in [2.75, 3.05) is 26.2 Å². The van der Waals surface area contributed by atoms with Gasteiger partial charge in [0.25, 0.3) is 0 Å². The molecule has 1 heterocycles. The summed E-state index contributed by atoms with van der Waals surface area (Å²) in [5, 5.41) is 3.91. The Morgan fingerprint density at radius 2 is 1.90 bits per heavy atom. The Morgan fingerprint density at radius 1 is 1.10 bits per heavy atom. The van der Waals surface area contributed by atoms with Crippen LogP contribution in [0.15, 0.2) is 0 Å². The Kier molecular flexibility index (Phi) is 5.04. The van der Waals surface area contributed by atoms with Crippen molar-refractivity contribution in [2.24, 2.45) is 23.7 Å². The van der Waals surface area contributed by atoms with Crippen LogP contribution in [0.5, 0.6) is 0 Å². The fourth-order valence-corrected chi connectivity index (χ4v) is 5.12. The lowest BCUT2D eigenvalue weighted by atomic mass is 9.87. The number of hydrogen-bond donors (Lipinski definition) is 1. The lowest BCUT2D eigenvalue weighted by molar-refractivity contribution is 0.159. The van der Waals surface area contributed by atoms with Crippen LogP contribution in [0.3, 0.4) is 0 Å². The van der Waals surface area contributed by atoms with Crippen molar-refractivity contribution >= 4 is 0 Å². The quantitative estimate of drug-likeness (QED) is 0.799. The summed E-state index contributed by atoms with van der Waals surface area (Å²) in [6.45, 7) is 10.0. The average Bonchev–Trinajstić information content (AvgIpc) is 3.08. The third kappa shape index (κ3) is 3.39. The average molecular weight is 278 g/mol. The van der Waals surface area contributed by atoms with Crippen molar-refractivity contribution in [3.63, 3.8) is 0 Å². The van der Waals surface area contributed by atoms with Crippen LogP contribution in [-0.4, -0.2) is 37.1 Å². The second kappa shape index (κ2) is 6.79. The zero-order valence-corrected chi connectivity index (χ0v) is 13.6. The van der Waals surface area contributed by atoms with Crippen LogP contribution >= 0.6 is 0 Å². The summed E-state index contributed by atoms with van der Waals surface area (Å²) >= 11 is 0. The predicted octanol–water partition coefficient (Wildman–Crippen LogP) is 3.52. The molecule has 4 atom stereocenters. The molecule has 4 unspecified atom stereocenters. The summed E-state index contributed by atoms with van der Waals surface area (Å²) in [7, 11) is 0. The Balaban J connectivity index is 1.36. The van der Waals surface area contributed by atoms with Gasteiger partial charge in [-0.1, -0.05) is 13.3 Å². The zero-order valence-electron chi connectivity index (χ0n) is 13.6. The van der Waals surface area contributed by atoms with Crippen LogP contribution in [0, 0.1) is 23.7 Å². The van der Waals surface area contributed by atoms with Gasteiger partial charge in [0.1, 0.15) is 0 Å². The number of hydrogen-bond acceptors (Lipinski definition) is 2. The molecule has 0 aromatic carbocycles. The van der Waals surface area contributed by atoms with E-state index in [0.29, 0.717) is 0 Å². The Hall–Kier alpha value is -0.0800. The van der Waals surface area contributed by atoms with Gasteiger partial charge in [-0.3, -0.25) is 0 Å². The summed E-state index contributed by atoms with van der Waals surface area (Å²) in [4.78, 5) is 2.65. The van der Waals surface area contributed by atoms with Crippen LogP contribution in [0.4, 0.5) is 0 Å². The van der Waals surface area contributed by atoms with E-state index >= 15 is 0 Å². The van der Waals surface area contributed by atoms with Gasteiger partial charge in [-0.25, -0.2) is 0 Å². The zero-order chi connectivity index (χ0) is 13.9. The van der Waals surface area contributed by atoms with E-state index in [1.54, 1.807) is 6.42 Å². The molecule has 1 aliphatic heterocycles. The topological polar surface area (TPSA) is 15.3 Å². The lowest BCUT2D eigenvalue weighted by Crippen LogP contribution is -2.43. The SMILES string of the molecule is CCCN1CCC(C(C)NCC2CC3CCC2C3)CC1. The molecular formula is C18H34N2. The molecule has 116 valence electrons. The van der Waals surface area contributed by atoms with Gasteiger partial charge in [-0.05, 0) is 95.3 Å². The molecule has 1 N–H and O–H groups in total. The molecule has 2 bridgehead atoms. The normalized spacial score (nSPS) is 36.6. The second-order valence-electron chi connectivity index (χ2n) is 7.81. The second-order valence-corrected chi connectivity index (χ2v) is 7.81. The van der Waals surface area contributed by atoms with E-state index in [0.717, 1.165) is 29.7 Å². The van der Waals surface area contributed by atoms with Crippen LogP contribution in [0.2, 0.25) is 0 Å². The number of piperidine rings is 1. The van der Waals surface area contributed by atoms with E-state index in [4.69, 9.17) is 0 Å². The van der Waals surface area contributed by atoms with Gasteiger partial charge in [0, 0.05) is 6.04 Å². The number of nitrogens with one attached hydrogen (secondary N) is 1. The molecular weight excluding hydrogens is 244 g/mol. The maximum atomic E-state index is 3.91. The molecule has 2 saturated carbocycles. The molecule has 3 rings (SSSR count). The van der Waals surface area contributed by atoms with E-state index in [9.17, 15) is 0 Å². The maximum absolute atomic E-state index is 3.91. The minimum Gasteiger partial charge on any atom is -0.314 e. The predicted molar refractivity (Wildman–Crippen MR) is 85.9 cm³/mol. The Bertz CT molecular complexity index is 296. The van der Waals surface area contributed by atoms with E-state index < -0.39 is 0 Å². The maximum Gasteiger partial charge on any atom is 0.00680 e. The van der Waals surface area contributed by atoms with Crippen LogP contribution in [0.25, 0.3) is 0 Å². The molecule has 0 aromatic rings. The van der Waals surface area contributed by atoms with E-state index in [-0.39, 0.29) is 0 Å². The van der Waals surface area contributed by atoms with E-state index in [1.807, 2.05) is 0 Å². The van der Waals surface area contributed by atoms with Gasteiger partial charge < -0.3 is 10.2 Å². The van der Waals surface area contributed by atoms with E-state index in [1.165, 1.54) is 64.7 Å². The highest BCUT2D eigenvalue weighted by molar-refractivity contribution is 4.91. The first-order chi connectivity index (χ1) is 9.76. The van der Waals surface area contributed by atoms with Gasteiger partial charge in [-0.15, -0.1) is 0 Å². The Morgan fingerprint density at radius 3 is 2.50 bits per heavy atom. The first kappa shape index (κ1) is 14.8. The third-order valence-corrected chi connectivity index (χ3v) is 6.47. The molecule has 0 amide bonds. The highest BCUT2D eigenvalue weighted by Crippen LogP contribution is 2.48. The molecule has 3 fully saturated rings. The lowest BCUT2D eigenvalue weighted by Gasteiger charge is -2.36. The fourth-order valence-electron chi connectivity index (χ4n) is 5.12. The summed E-state index contributed by atoms with van der Waals surface area (Å²) in [6.07, 6.45) is 10.3. The highest BCUT2D eigenvalue weighted by atomic mass is 15.1. The van der Waals surface area contributed by atoms with Crippen LogP contribution in [0.1, 0.15) is 58.8 Å². The number of nitrogens with zero attached hydrogens (tertiary/aromatic N) is 1. The van der Waals surface area contributed by atoms with Crippen LogP contribution < -0.4 is 5.32 Å². The van der Waals surface area contributed by atoms with Gasteiger partial charge >= 0.3 is 0 Å². The fraction of sp³-hybridized carbons (Fsp3) is 1.00. The van der Waals surface area contributed by atoms with Crippen molar-refractivity contribution in [2.45, 2.75) is 64.8 Å². The number of likely N-dealkylation sites (tertiary alicyclic amines) is 1. The minimum absolute atomic E-state index is 0.734. The molecule has 0 radical (unpaired) electrons. The van der Waals surface area contributed by atoms with Crippen LogP contribution in [-0.2, 0) is 0 Å². The molecule has 2 aliphatic carbocycles. The molecule has 3 aliphatic rings. The highest BCUT2D eigenvalue weighted by Gasteiger charge is 2.39. The minimum atomic E-state index is 0.734. The number of rotatable bonds is 6. The van der Waals surface area contributed by atoms with Gasteiger partial charge in [0.2, 0.25) is 0 Å². The largest absolute Gasteiger partial charge is 0.314 e. The number of fused-ring (bicyclic) bond motifs is 2. The molecule has 20 heavy (non-hydrogen) atoms. The van der Waals surface area contributed by atoms with Crippen molar-refractivity contribution in [3.05, 3.63) is 0 Å². The third-order valence-electron chi connectivity index (χ3n) is 6.47. The molecule has 1 saturated heterocycles. The van der Waals surface area contributed by atoms with Crippen molar-refractivity contribution in [1.82, 2.24) is 10.2 Å². The summed E-state index contributed by atoms with van der Waals surface area (Å²) < 4.78 is 0. The van der Waals surface area contributed by atoms with Gasteiger partial charge in [0.15, 0.2) is 0 Å². The summed E-state index contributed by atoms with van der Waals surface area (Å²) in [6, 6.07) is 0.734. The monoisotopic (exact) mass is 278 g/mol. The molecule has 0 spiro atoms. The smallest absolute Gasteiger partial charge is 0.00680 e. The summed E-state index contributed by atoms with van der Waals surface area (Å²) in [5.41, 5.74) is 0. The molecule has 2 nitrogen and oxygen atoms in total. The summed E-state index contributed by atoms with van der Waals surface area (Å²) in [5.74, 6) is 4.10. The van der Waals surface area contributed by atoms with Gasteiger partial charge in [0.05, 0.1) is 0 Å². The Labute approximate surface area is 125 Å².